The Morgan fingerprint density at radius 3 is 2.61 bits per heavy atom. The molecular formula is C23H21BrN4O2S. The molecule has 6 nitrogen and oxygen atoms in total. The van der Waals surface area contributed by atoms with Crippen LogP contribution in [0.1, 0.15) is 16.7 Å². The molecular weight excluding hydrogens is 476 g/mol. The molecule has 0 saturated heterocycles. The summed E-state index contributed by atoms with van der Waals surface area (Å²) in [7, 11) is 0. The van der Waals surface area contributed by atoms with E-state index in [1.807, 2.05) is 79.1 Å². The van der Waals surface area contributed by atoms with Crippen LogP contribution in [0.15, 0.2) is 74.9 Å². The number of rotatable bonds is 7. The van der Waals surface area contributed by atoms with Crippen molar-refractivity contribution in [3.05, 3.63) is 82.0 Å². The van der Waals surface area contributed by atoms with Gasteiger partial charge in [-0.25, -0.2) is 0 Å². The third-order valence-corrected chi connectivity index (χ3v) is 6.30. The van der Waals surface area contributed by atoms with Crippen molar-refractivity contribution in [2.24, 2.45) is 0 Å². The van der Waals surface area contributed by atoms with E-state index in [4.69, 9.17) is 4.42 Å². The minimum Gasteiger partial charge on any atom is -0.446 e. The second kappa shape index (κ2) is 9.53. The molecule has 2 aromatic carbocycles. The third-order valence-electron chi connectivity index (χ3n) is 4.91. The van der Waals surface area contributed by atoms with Gasteiger partial charge in [0, 0.05) is 5.69 Å². The number of furan rings is 1. The number of aromatic nitrogens is 3. The average molecular weight is 497 g/mol. The Morgan fingerprint density at radius 1 is 1.06 bits per heavy atom. The topological polar surface area (TPSA) is 73.0 Å². The zero-order valence-corrected chi connectivity index (χ0v) is 19.5. The highest BCUT2D eigenvalue weighted by molar-refractivity contribution is 9.10. The minimum absolute atomic E-state index is 0.0877. The van der Waals surface area contributed by atoms with Crippen LogP contribution in [-0.4, -0.2) is 26.4 Å². The van der Waals surface area contributed by atoms with Gasteiger partial charge in [-0.15, -0.1) is 10.2 Å². The third kappa shape index (κ3) is 5.08. The lowest BCUT2D eigenvalue weighted by molar-refractivity contribution is -0.113. The number of aryl methyl sites for hydroxylation is 1. The standard InChI is InChI=1S/C23H21BrN4O2S/c1-15-7-6-10-18(16(15)2)25-21(29)14-31-23-27-26-22(19-11-12-20(24)30-19)28(23)13-17-8-4-3-5-9-17/h3-12H,13-14H2,1-2H3,(H,25,29). The molecule has 2 heterocycles. The molecule has 0 unspecified atom stereocenters. The summed E-state index contributed by atoms with van der Waals surface area (Å²) in [6, 6.07) is 19.6. The van der Waals surface area contributed by atoms with Gasteiger partial charge in [0.2, 0.25) is 11.7 Å². The first-order valence-electron chi connectivity index (χ1n) is 9.73. The number of carbonyl (C=O) groups is 1. The summed E-state index contributed by atoms with van der Waals surface area (Å²) in [5, 5.41) is 12.3. The lowest BCUT2D eigenvalue weighted by Gasteiger charge is -2.11. The SMILES string of the molecule is Cc1cccc(NC(=O)CSc2nnc(-c3ccc(Br)o3)n2Cc2ccccc2)c1C. The molecule has 8 heteroatoms. The number of nitrogens with one attached hydrogen (secondary N) is 1. The van der Waals surface area contributed by atoms with E-state index >= 15 is 0 Å². The van der Waals surface area contributed by atoms with Gasteiger partial charge in [0.25, 0.3) is 0 Å². The Labute approximate surface area is 193 Å². The van der Waals surface area contributed by atoms with E-state index in [0.717, 1.165) is 22.4 Å². The molecule has 31 heavy (non-hydrogen) atoms. The van der Waals surface area contributed by atoms with Gasteiger partial charge in [-0.3, -0.25) is 9.36 Å². The number of amides is 1. The molecule has 1 amide bonds. The summed E-state index contributed by atoms with van der Waals surface area (Å²) in [6.45, 7) is 4.60. The fourth-order valence-electron chi connectivity index (χ4n) is 3.12. The molecule has 4 aromatic rings. The summed E-state index contributed by atoms with van der Waals surface area (Å²) in [5.74, 6) is 1.37. The van der Waals surface area contributed by atoms with E-state index in [0.29, 0.717) is 28.0 Å². The summed E-state index contributed by atoms with van der Waals surface area (Å²) in [5.41, 5.74) is 4.15. The number of halogens is 1. The molecule has 0 bridgehead atoms. The van der Waals surface area contributed by atoms with Crippen LogP contribution in [0.25, 0.3) is 11.6 Å². The van der Waals surface area contributed by atoms with Crippen LogP contribution < -0.4 is 5.32 Å². The molecule has 0 spiro atoms. The molecule has 4 rings (SSSR count). The van der Waals surface area contributed by atoms with Crippen molar-refractivity contribution in [3.63, 3.8) is 0 Å². The zero-order chi connectivity index (χ0) is 21.8. The van der Waals surface area contributed by atoms with E-state index in [1.165, 1.54) is 11.8 Å². The normalized spacial score (nSPS) is 10.9. The highest BCUT2D eigenvalue weighted by Gasteiger charge is 2.19. The molecule has 0 aliphatic heterocycles. The lowest BCUT2D eigenvalue weighted by atomic mass is 10.1. The molecule has 158 valence electrons. The Kier molecular flexibility index (Phi) is 6.58. The predicted molar refractivity (Wildman–Crippen MR) is 126 cm³/mol. The Morgan fingerprint density at radius 2 is 1.87 bits per heavy atom. The second-order valence-electron chi connectivity index (χ2n) is 7.07. The van der Waals surface area contributed by atoms with Gasteiger partial charge < -0.3 is 9.73 Å². The van der Waals surface area contributed by atoms with E-state index in [2.05, 4.69) is 31.4 Å². The van der Waals surface area contributed by atoms with Gasteiger partial charge in [-0.1, -0.05) is 54.2 Å². The quantitative estimate of drug-likeness (QED) is 0.332. The number of nitrogens with zero attached hydrogens (tertiary/aromatic N) is 3. The molecule has 0 atom stereocenters. The van der Waals surface area contributed by atoms with Crippen molar-refractivity contribution in [2.75, 3.05) is 11.1 Å². The van der Waals surface area contributed by atoms with Gasteiger partial charge in [-0.05, 0) is 64.7 Å². The smallest absolute Gasteiger partial charge is 0.234 e. The van der Waals surface area contributed by atoms with Crippen molar-refractivity contribution >= 4 is 39.3 Å². The molecule has 1 N–H and O–H groups in total. The van der Waals surface area contributed by atoms with Gasteiger partial charge >= 0.3 is 0 Å². The highest BCUT2D eigenvalue weighted by atomic mass is 79.9. The monoisotopic (exact) mass is 496 g/mol. The first-order valence-corrected chi connectivity index (χ1v) is 11.5. The van der Waals surface area contributed by atoms with E-state index in [1.54, 1.807) is 0 Å². The van der Waals surface area contributed by atoms with Crippen molar-refractivity contribution in [1.82, 2.24) is 14.8 Å². The average Bonchev–Trinajstić information content (AvgIpc) is 3.36. The summed E-state index contributed by atoms with van der Waals surface area (Å²) in [6.07, 6.45) is 0. The number of anilines is 1. The van der Waals surface area contributed by atoms with Gasteiger partial charge in [0.15, 0.2) is 15.6 Å². The van der Waals surface area contributed by atoms with E-state index < -0.39 is 0 Å². The molecule has 0 saturated carbocycles. The van der Waals surface area contributed by atoms with Crippen molar-refractivity contribution in [2.45, 2.75) is 25.5 Å². The maximum atomic E-state index is 12.6. The summed E-state index contributed by atoms with van der Waals surface area (Å²) >= 11 is 4.69. The Balaban J connectivity index is 1.54. The van der Waals surface area contributed by atoms with Gasteiger partial charge in [-0.2, -0.15) is 0 Å². The Bertz CT molecular complexity index is 1200. The Hall–Kier alpha value is -2.84. The second-order valence-corrected chi connectivity index (χ2v) is 8.79. The van der Waals surface area contributed by atoms with Crippen LogP contribution in [0.3, 0.4) is 0 Å². The van der Waals surface area contributed by atoms with Crippen molar-refractivity contribution in [1.29, 1.82) is 0 Å². The maximum Gasteiger partial charge on any atom is 0.234 e. The summed E-state index contributed by atoms with van der Waals surface area (Å²) < 4.78 is 8.29. The van der Waals surface area contributed by atoms with E-state index in [-0.39, 0.29) is 11.7 Å². The molecule has 0 fully saturated rings. The van der Waals surface area contributed by atoms with Gasteiger partial charge in [0.05, 0.1) is 12.3 Å². The van der Waals surface area contributed by atoms with Crippen LogP contribution in [0.5, 0.6) is 0 Å². The number of thioether (sulfide) groups is 1. The molecule has 2 aromatic heterocycles. The van der Waals surface area contributed by atoms with Crippen LogP contribution in [0, 0.1) is 13.8 Å². The molecule has 0 aliphatic carbocycles. The first kappa shape index (κ1) is 21.4. The van der Waals surface area contributed by atoms with Crippen LogP contribution in [0.4, 0.5) is 5.69 Å². The lowest BCUT2D eigenvalue weighted by Crippen LogP contribution is -2.15. The van der Waals surface area contributed by atoms with E-state index in [9.17, 15) is 4.79 Å². The summed E-state index contributed by atoms with van der Waals surface area (Å²) in [4.78, 5) is 12.6. The number of carbonyl (C=O) groups excluding carboxylic acids is 1. The van der Waals surface area contributed by atoms with Crippen molar-refractivity contribution < 1.29 is 9.21 Å². The van der Waals surface area contributed by atoms with Crippen molar-refractivity contribution in [3.8, 4) is 11.6 Å². The van der Waals surface area contributed by atoms with Gasteiger partial charge in [0.1, 0.15) is 0 Å². The molecule has 0 aliphatic rings. The fourth-order valence-corrected chi connectivity index (χ4v) is 4.17. The largest absolute Gasteiger partial charge is 0.446 e. The number of hydrogen-bond acceptors (Lipinski definition) is 5. The fraction of sp³-hybridized carbons (Fsp3) is 0.174. The first-order chi connectivity index (χ1) is 15.0. The predicted octanol–water partition coefficient (Wildman–Crippen LogP) is 5.70. The number of benzene rings is 2. The zero-order valence-electron chi connectivity index (χ0n) is 17.1. The van der Waals surface area contributed by atoms with Crippen LogP contribution in [-0.2, 0) is 11.3 Å². The van der Waals surface area contributed by atoms with Crippen LogP contribution in [0.2, 0.25) is 0 Å². The number of hydrogen-bond donors (Lipinski definition) is 1. The molecule has 0 radical (unpaired) electrons. The maximum absolute atomic E-state index is 12.6. The van der Waals surface area contributed by atoms with Crippen LogP contribution >= 0.6 is 27.7 Å². The minimum atomic E-state index is -0.0877. The highest BCUT2D eigenvalue weighted by Crippen LogP contribution is 2.28.